The molecule has 192 valence electrons. The Labute approximate surface area is 208 Å². The third-order valence-electron chi connectivity index (χ3n) is 7.22. The van der Waals surface area contributed by atoms with Gasteiger partial charge in [0.2, 0.25) is 6.79 Å². The van der Waals surface area contributed by atoms with Gasteiger partial charge in [-0.05, 0) is 93.4 Å². The molecule has 2 aromatic rings. The van der Waals surface area contributed by atoms with Crippen molar-refractivity contribution in [1.82, 2.24) is 4.90 Å². The lowest BCUT2D eigenvalue weighted by atomic mass is 9.89. The van der Waals surface area contributed by atoms with E-state index in [1.54, 1.807) is 14.2 Å². The maximum absolute atomic E-state index is 11.3. The maximum atomic E-state index is 11.3. The summed E-state index contributed by atoms with van der Waals surface area (Å²) in [5.41, 5.74) is 1.90. The molecule has 0 fully saturated rings. The van der Waals surface area contributed by atoms with Crippen LogP contribution >= 0.6 is 0 Å². The molecule has 1 aliphatic carbocycles. The summed E-state index contributed by atoms with van der Waals surface area (Å²) in [6.07, 6.45) is 6.04. The molecule has 1 heterocycles. The molecule has 0 aromatic heterocycles. The zero-order chi connectivity index (χ0) is 24.7. The first-order valence-electron chi connectivity index (χ1n) is 12.7. The third kappa shape index (κ3) is 6.53. The second-order valence-electron chi connectivity index (χ2n) is 9.46. The van der Waals surface area contributed by atoms with Crippen molar-refractivity contribution in [1.29, 1.82) is 0 Å². The van der Waals surface area contributed by atoms with Gasteiger partial charge in [0.25, 0.3) is 0 Å². The second kappa shape index (κ2) is 11.9. The molecular weight excluding hydrogens is 446 g/mol. The van der Waals surface area contributed by atoms with Gasteiger partial charge in [-0.25, -0.2) is 0 Å². The number of aliphatic hydroxyl groups is 1. The SMILES string of the molecule is CCN(CCCOc1ccc2c(c1)OCO2)CCCC1(O)CCc2cc(OC)c(OC)cc2CC1. The second-order valence-corrected chi connectivity index (χ2v) is 9.46. The Morgan fingerprint density at radius 3 is 2.23 bits per heavy atom. The molecule has 0 atom stereocenters. The summed E-state index contributed by atoms with van der Waals surface area (Å²) in [6.45, 7) is 6.08. The summed E-state index contributed by atoms with van der Waals surface area (Å²) in [7, 11) is 3.33. The van der Waals surface area contributed by atoms with Crippen LogP contribution in [0.2, 0.25) is 0 Å². The molecule has 0 saturated carbocycles. The average molecular weight is 486 g/mol. The average Bonchev–Trinajstić information content (AvgIpc) is 3.29. The summed E-state index contributed by atoms with van der Waals surface area (Å²) in [5.74, 6) is 3.85. The Bertz CT molecular complexity index is 943. The number of hydrogen-bond donors (Lipinski definition) is 1. The minimum Gasteiger partial charge on any atom is -0.493 e. The van der Waals surface area contributed by atoms with Gasteiger partial charge in [0.1, 0.15) is 5.75 Å². The molecule has 7 heteroatoms. The minimum absolute atomic E-state index is 0.274. The van der Waals surface area contributed by atoms with E-state index in [1.165, 1.54) is 11.1 Å². The van der Waals surface area contributed by atoms with Gasteiger partial charge >= 0.3 is 0 Å². The van der Waals surface area contributed by atoms with E-state index in [-0.39, 0.29) is 6.79 Å². The normalized spacial score (nSPS) is 16.0. The Kier molecular flexibility index (Phi) is 8.63. The fourth-order valence-corrected chi connectivity index (χ4v) is 5.04. The van der Waals surface area contributed by atoms with Crippen LogP contribution in [-0.4, -0.2) is 62.9 Å². The molecule has 0 amide bonds. The van der Waals surface area contributed by atoms with E-state index in [2.05, 4.69) is 24.0 Å². The highest BCUT2D eigenvalue weighted by molar-refractivity contribution is 5.48. The molecule has 0 radical (unpaired) electrons. The van der Waals surface area contributed by atoms with Crippen LogP contribution in [0.25, 0.3) is 0 Å². The largest absolute Gasteiger partial charge is 0.493 e. The van der Waals surface area contributed by atoms with Crippen molar-refractivity contribution < 1.29 is 28.8 Å². The van der Waals surface area contributed by atoms with Crippen molar-refractivity contribution in [2.45, 2.75) is 57.5 Å². The predicted molar refractivity (Wildman–Crippen MR) is 135 cm³/mol. The third-order valence-corrected chi connectivity index (χ3v) is 7.22. The highest BCUT2D eigenvalue weighted by Crippen LogP contribution is 2.37. The molecular formula is C28H39NO6. The number of hydrogen-bond acceptors (Lipinski definition) is 7. The van der Waals surface area contributed by atoms with Crippen molar-refractivity contribution in [2.75, 3.05) is 47.3 Å². The lowest BCUT2D eigenvalue weighted by Gasteiger charge is -2.28. The fourth-order valence-electron chi connectivity index (χ4n) is 5.04. The van der Waals surface area contributed by atoms with Crippen molar-refractivity contribution in [3.63, 3.8) is 0 Å². The molecule has 35 heavy (non-hydrogen) atoms. The fraction of sp³-hybridized carbons (Fsp3) is 0.571. The summed E-state index contributed by atoms with van der Waals surface area (Å²) in [5, 5.41) is 11.3. The first-order valence-corrected chi connectivity index (χ1v) is 12.7. The van der Waals surface area contributed by atoms with E-state index in [0.29, 0.717) is 6.61 Å². The van der Waals surface area contributed by atoms with Gasteiger partial charge in [-0.15, -0.1) is 0 Å². The predicted octanol–water partition coefficient (Wildman–Crippen LogP) is 4.61. The number of aryl methyl sites for hydroxylation is 2. The van der Waals surface area contributed by atoms with E-state index in [4.69, 9.17) is 23.7 Å². The van der Waals surface area contributed by atoms with Gasteiger partial charge < -0.3 is 33.7 Å². The van der Waals surface area contributed by atoms with Gasteiger partial charge in [-0.3, -0.25) is 0 Å². The molecule has 2 aromatic carbocycles. The lowest BCUT2D eigenvalue weighted by Crippen LogP contribution is -2.32. The monoisotopic (exact) mass is 485 g/mol. The highest BCUT2D eigenvalue weighted by atomic mass is 16.7. The van der Waals surface area contributed by atoms with E-state index < -0.39 is 5.60 Å². The Balaban J connectivity index is 1.19. The maximum Gasteiger partial charge on any atom is 0.231 e. The van der Waals surface area contributed by atoms with Crippen molar-refractivity contribution >= 4 is 0 Å². The van der Waals surface area contributed by atoms with Gasteiger partial charge in [0, 0.05) is 12.6 Å². The summed E-state index contributed by atoms with van der Waals surface area (Å²) in [4.78, 5) is 2.44. The van der Waals surface area contributed by atoms with E-state index in [9.17, 15) is 5.11 Å². The smallest absolute Gasteiger partial charge is 0.231 e. The summed E-state index contributed by atoms with van der Waals surface area (Å²) >= 11 is 0. The van der Waals surface area contributed by atoms with Crippen LogP contribution in [-0.2, 0) is 12.8 Å². The molecule has 0 bridgehead atoms. The number of methoxy groups -OCH3 is 2. The first-order chi connectivity index (χ1) is 17.0. The van der Waals surface area contributed by atoms with Crippen LogP contribution in [0.15, 0.2) is 30.3 Å². The van der Waals surface area contributed by atoms with Crippen LogP contribution in [0.4, 0.5) is 0 Å². The standard InChI is InChI=1S/C28H39NO6/c1-4-29(15-6-16-33-23-7-8-24-27(19-23)35-20-34-24)14-5-11-28(30)12-9-21-17-25(31-2)26(32-3)18-22(21)10-13-28/h7-8,17-19,30H,4-6,9-16,20H2,1-3H3. The van der Waals surface area contributed by atoms with Gasteiger partial charge in [-0.2, -0.15) is 0 Å². The molecule has 0 unspecified atom stereocenters. The van der Waals surface area contributed by atoms with Gasteiger partial charge in [0.15, 0.2) is 23.0 Å². The highest BCUT2D eigenvalue weighted by Gasteiger charge is 2.30. The van der Waals surface area contributed by atoms with Crippen molar-refractivity contribution in [3.8, 4) is 28.7 Å². The van der Waals surface area contributed by atoms with Gasteiger partial charge in [0.05, 0.1) is 26.4 Å². The Hall–Kier alpha value is -2.64. The number of ether oxygens (including phenoxy) is 5. The quantitative estimate of drug-likeness (QED) is 0.348. The number of fused-ring (bicyclic) bond motifs is 2. The van der Waals surface area contributed by atoms with Crippen molar-refractivity contribution in [2.24, 2.45) is 0 Å². The molecule has 1 N–H and O–H groups in total. The number of rotatable bonds is 12. The van der Waals surface area contributed by atoms with Gasteiger partial charge in [-0.1, -0.05) is 6.92 Å². The Morgan fingerprint density at radius 2 is 1.57 bits per heavy atom. The van der Waals surface area contributed by atoms with E-state index >= 15 is 0 Å². The number of nitrogens with zero attached hydrogens (tertiary/aromatic N) is 1. The van der Waals surface area contributed by atoms with Crippen LogP contribution in [0.1, 0.15) is 50.2 Å². The molecule has 2 aliphatic rings. The van der Waals surface area contributed by atoms with E-state index in [1.807, 2.05) is 18.2 Å². The van der Waals surface area contributed by atoms with Crippen molar-refractivity contribution in [3.05, 3.63) is 41.5 Å². The lowest BCUT2D eigenvalue weighted by molar-refractivity contribution is 0.0129. The molecule has 4 rings (SSSR count). The molecule has 1 aliphatic heterocycles. The summed E-state index contributed by atoms with van der Waals surface area (Å²) < 4.78 is 27.6. The van der Waals surface area contributed by atoms with Crippen LogP contribution in [0.3, 0.4) is 0 Å². The van der Waals surface area contributed by atoms with E-state index in [0.717, 1.165) is 93.3 Å². The molecule has 0 saturated heterocycles. The van der Waals surface area contributed by atoms with Crippen LogP contribution < -0.4 is 23.7 Å². The minimum atomic E-state index is -0.624. The number of benzene rings is 2. The molecule has 0 spiro atoms. The topological polar surface area (TPSA) is 69.6 Å². The molecule has 7 nitrogen and oxygen atoms in total. The summed E-state index contributed by atoms with van der Waals surface area (Å²) in [6, 6.07) is 9.84. The zero-order valence-corrected chi connectivity index (χ0v) is 21.3. The van der Waals surface area contributed by atoms with Crippen LogP contribution in [0.5, 0.6) is 28.7 Å². The first kappa shape index (κ1) is 25.5. The Morgan fingerprint density at radius 1 is 0.914 bits per heavy atom. The zero-order valence-electron chi connectivity index (χ0n) is 21.3. The van der Waals surface area contributed by atoms with Crippen LogP contribution in [0, 0.1) is 0 Å².